The maximum absolute atomic E-state index is 12.4. The number of esters is 3. The lowest BCUT2D eigenvalue weighted by Crippen LogP contribution is -2.34. The number of carbonyl (C=O) groups excluding carboxylic acids is 4. The van der Waals surface area contributed by atoms with E-state index in [0.717, 1.165) is 149 Å². The molecular weight excluding hydrogens is 2120 g/mol. The predicted molar refractivity (Wildman–Crippen MR) is 603 cm³/mol. The predicted octanol–water partition coefficient (Wildman–Crippen LogP) is 26.3. The van der Waals surface area contributed by atoms with Crippen LogP contribution in [-0.4, -0.2) is 129 Å². The molecular formula is C122H143BBr3ClO23. The van der Waals surface area contributed by atoms with Crippen molar-refractivity contribution in [2.45, 2.75) is 187 Å². The van der Waals surface area contributed by atoms with Crippen molar-refractivity contribution in [3.8, 4) is 53.4 Å². The van der Waals surface area contributed by atoms with E-state index in [4.69, 9.17) is 101 Å². The van der Waals surface area contributed by atoms with Gasteiger partial charge in [-0.3, -0.25) is 19.2 Å². The van der Waals surface area contributed by atoms with Crippen molar-refractivity contribution in [1.29, 1.82) is 0 Å². The van der Waals surface area contributed by atoms with E-state index in [1.165, 1.54) is 39.3 Å². The number of carboxylic acids is 1. The van der Waals surface area contributed by atoms with E-state index in [2.05, 4.69) is 86.5 Å². The van der Waals surface area contributed by atoms with Gasteiger partial charge in [-0.25, -0.2) is 4.79 Å². The van der Waals surface area contributed by atoms with Crippen LogP contribution in [0.15, 0.2) is 262 Å². The van der Waals surface area contributed by atoms with E-state index in [0.29, 0.717) is 75.4 Å². The first-order valence-electron chi connectivity index (χ1n) is 47.8. The number of ether oxygens (including phenoxy) is 14. The number of aryl methyl sites for hydroxylation is 7. The topological polar surface area (TPSA) is 295 Å². The molecule has 0 heterocycles. The molecule has 0 fully saturated rings. The summed E-state index contributed by atoms with van der Waals surface area (Å²) in [6, 6.07) is 79.1. The van der Waals surface area contributed by atoms with Crippen molar-refractivity contribution in [1.82, 2.24) is 0 Å². The molecule has 2 radical (unpaired) electrons. The van der Waals surface area contributed by atoms with Crippen molar-refractivity contribution >= 4 is 97.4 Å². The number of rotatable bonds is 39. The largest absolute Gasteiger partial charge is 0.497 e. The van der Waals surface area contributed by atoms with Gasteiger partial charge in [-0.15, -0.1) is 24.4 Å². The molecule has 3 unspecified atom stereocenters. The van der Waals surface area contributed by atoms with E-state index < -0.39 is 46.5 Å². The van der Waals surface area contributed by atoms with Gasteiger partial charge in [0.15, 0.2) is 0 Å². The Morgan fingerprint density at radius 1 is 0.353 bits per heavy atom. The average molecular weight is 2260 g/mol. The fourth-order valence-electron chi connectivity index (χ4n) is 14.4. The normalized spacial score (nSPS) is 11.2. The van der Waals surface area contributed by atoms with Gasteiger partial charge in [0.05, 0.1) is 171 Å². The minimum atomic E-state index is -1.04. The molecule has 23 nitrogen and oxygen atoms in total. The van der Waals surface area contributed by atoms with E-state index >= 15 is 0 Å². The van der Waals surface area contributed by atoms with Crippen LogP contribution in [0.2, 0.25) is 6.82 Å². The third-order valence-electron chi connectivity index (χ3n) is 23.8. The summed E-state index contributed by atoms with van der Waals surface area (Å²) in [6.45, 7) is 30.0. The second-order valence-corrected chi connectivity index (χ2v) is 38.8. The monoisotopic (exact) mass is 2260 g/mol. The smallest absolute Gasteiger partial charge is 0.335 e. The molecule has 0 aliphatic heterocycles. The molecule has 0 aliphatic rings. The Morgan fingerprint density at radius 2 is 0.613 bits per heavy atom. The summed E-state index contributed by atoms with van der Waals surface area (Å²) in [5.41, 5.74) is 19.4. The maximum Gasteiger partial charge on any atom is 0.335 e. The lowest BCUT2D eigenvalue weighted by Gasteiger charge is -2.32. The Bertz CT molecular complexity index is 6180. The highest BCUT2D eigenvalue weighted by Gasteiger charge is 2.42. The molecule has 3 atom stereocenters. The van der Waals surface area contributed by atoms with Gasteiger partial charge in [-0.1, -0.05) is 212 Å². The number of halogens is 4. The molecule has 28 heteroatoms. The Kier molecular flexibility index (Phi) is 60.0. The highest BCUT2D eigenvalue weighted by atomic mass is 79.9. The van der Waals surface area contributed by atoms with E-state index in [-0.39, 0.29) is 38.4 Å². The first-order valence-corrected chi connectivity index (χ1v) is 50.7. The number of alkyl halides is 1. The second kappa shape index (κ2) is 69.3. The molecule has 0 bridgehead atoms. The first kappa shape index (κ1) is 130. The molecule has 800 valence electrons. The van der Waals surface area contributed by atoms with Crippen LogP contribution in [0.1, 0.15) is 197 Å². The van der Waals surface area contributed by atoms with Crippen LogP contribution in [0.3, 0.4) is 0 Å². The maximum atomic E-state index is 12.4. The number of aliphatic hydroxyl groups excluding tert-OH is 3. The molecule has 4 N–H and O–H groups in total. The molecule has 0 amide bonds. The van der Waals surface area contributed by atoms with Gasteiger partial charge in [-0.05, 0) is 310 Å². The van der Waals surface area contributed by atoms with Gasteiger partial charge >= 0.3 is 23.9 Å². The van der Waals surface area contributed by atoms with Gasteiger partial charge < -0.3 is 86.7 Å². The highest BCUT2D eigenvalue weighted by molar-refractivity contribution is 9.11. The van der Waals surface area contributed by atoms with Gasteiger partial charge in [-0.2, -0.15) is 0 Å². The van der Waals surface area contributed by atoms with Crippen molar-refractivity contribution in [3.63, 3.8) is 0 Å². The number of hydrogen-bond donors (Lipinski definition) is 4. The van der Waals surface area contributed by atoms with Crippen molar-refractivity contribution in [3.05, 3.63) is 390 Å². The highest BCUT2D eigenvalue weighted by Crippen LogP contribution is 2.42. The number of benzene rings is 12. The van der Waals surface area contributed by atoms with Crippen LogP contribution in [0.5, 0.6) is 28.7 Å². The third kappa shape index (κ3) is 44.0. The van der Waals surface area contributed by atoms with E-state index in [9.17, 15) is 34.2 Å². The molecule has 0 saturated carbocycles. The Labute approximate surface area is 918 Å². The summed E-state index contributed by atoms with van der Waals surface area (Å²) in [5, 5.41) is 37.5. The molecule has 0 aliphatic carbocycles. The zero-order valence-electron chi connectivity index (χ0n) is 90.0. The Hall–Kier alpha value is -12.3. The molecule has 0 spiro atoms. The average Bonchev–Trinajstić information content (AvgIpc) is 0.797. The van der Waals surface area contributed by atoms with Gasteiger partial charge in [0.1, 0.15) is 48.2 Å². The summed E-state index contributed by atoms with van der Waals surface area (Å²) in [7, 11) is 16.8. The van der Waals surface area contributed by atoms with Gasteiger partial charge in [0, 0.05) is 24.9 Å². The van der Waals surface area contributed by atoms with E-state index in [1.807, 2.05) is 259 Å². The molecule has 12 aromatic carbocycles. The molecule has 12 aromatic rings. The zero-order chi connectivity index (χ0) is 112. The Morgan fingerprint density at radius 3 is 0.907 bits per heavy atom. The molecule has 12 rings (SSSR count). The number of terminal acetylenes is 2. The summed E-state index contributed by atoms with van der Waals surface area (Å²) in [5.74, 6) is 7.57. The van der Waals surface area contributed by atoms with Crippen molar-refractivity contribution in [2.75, 3.05) is 70.1 Å². The minimum absolute atomic E-state index is 0.0693. The van der Waals surface area contributed by atoms with Gasteiger partial charge in [0.25, 0.3) is 0 Å². The SMILES string of the molecule is C#CCOC(c1ccc(C)c(CO)c1)C(C)(C)C(=O)OC.C#CCOC(c1ccc(C)c(COCc2ccc(OC)cc2)c1)C(C)(C)C(=O)OC.COC(=O)C(C)(C)C(O)c1ccc(C)c(COCc2ccc(OC)cc2)c1.COc1ccc(CCl)cc1.COc1ccc(COCc2cc(Br)ccc2C)cc1.COc1ccc(COCc2cc(C=O)ccc2C)cc1.Cc1ccc(Br)cc1C(=O)O.Cc1ccc(Br)cc1CO.[B]C. The van der Waals surface area contributed by atoms with Crippen LogP contribution >= 0.6 is 59.4 Å². The molecule has 0 aromatic heterocycles. The van der Waals surface area contributed by atoms with Gasteiger partial charge in [0.2, 0.25) is 0 Å². The Balaban J connectivity index is 0.000000365. The van der Waals surface area contributed by atoms with Crippen LogP contribution in [-0.2, 0) is 129 Å². The summed E-state index contributed by atoms with van der Waals surface area (Å²) in [6.07, 6.45) is 9.43. The lowest BCUT2D eigenvalue weighted by molar-refractivity contribution is -0.161. The van der Waals surface area contributed by atoms with Crippen LogP contribution < -0.4 is 23.7 Å². The van der Waals surface area contributed by atoms with Crippen molar-refractivity contribution in [2.24, 2.45) is 16.2 Å². The van der Waals surface area contributed by atoms with Crippen LogP contribution in [0.25, 0.3) is 0 Å². The molecule has 0 saturated heterocycles. The number of aldehydes is 1. The molecule has 150 heavy (non-hydrogen) atoms. The first-order chi connectivity index (χ1) is 71.6. The number of methoxy groups -OCH3 is 8. The quantitative estimate of drug-likeness (QED) is 0.00695. The summed E-state index contributed by atoms with van der Waals surface area (Å²) in [4.78, 5) is 57.7. The van der Waals surface area contributed by atoms with Crippen LogP contribution in [0, 0.1) is 89.4 Å². The number of hydrogen-bond acceptors (Lipinski definition) is 22. The van der Waals surface area contributed by atoms with Crippen molar-refractivity contribution < 1.29 is 111 Å². The fourth-order valence-corrected chi connectivity index (χ4v) is 15.7. The summed E-state index contributed by atoms with van der Waals surface area (Å²) < 4.78 is 77.8. The second-order valence-electron chi connectivity index (χ2n) is 35.8. The number of aromatic carboxylic acids is 1. The number of aliphatic hydroxyl groups is 3. The van der Waals surface area contributed by atoms with Crippen LogP contribution in [0.4, 0.5) is 0 Å². The van der Waals surface area contributed by atoms with E-state index in [1.54, 1.807) is 96.1 Å². The minimum Gasteiger partial charge on any atom is -0.497 e. The number of carboxylic acid groups (broad SMARTS) is 1. The number of carbonyl (C=O) groups is 5. The standard InChI is InChI=1S/C25H30O5.C22H28O5.C17H22O4.C17H18O3.C16H17BrO2.C8H7BrO2.C8H9BrO.C8H9ClO.CH3B/c1-7-14-30-23(25(3,4)24(26)28-6)20-11-8-18(2)21(15-20)17-29-16-19-9-12-22(27-5)13-10-19;1-15-6-9-17(20(23)22(2,3)21(24)26-5)12-18(15)14-27-13-16-7-10-19(25-4)11-8-16;1-6-9-21-15(17(3,4)16(19)20-5)13-8-7-12(2)14(10-13)11-18;1-13-3-4-15(10-18)9-16(13)12-20-11-14-5-7-17(19-2)8-6-14;1-12-3-6-15(17)9-14(12)11-19-10-13-4-7-16(18-2)8-5-13;1-5-2-3-6(9)4-7(5)8(10)11;1-6-2-3-8(9)4-7(6)5-10;1-10-8-4-2-7(6-9)3-5-8;1-2/h1,8-13,15,23H,14,16-17H2,2-6H3;6-12,20,23H,13-14H2,1-5H3;1,7-8,10,15,18H,9,11H2,2-5H3;3-10H,11-12H2,1-2H3;3-9H,10-11H2,1-2H3;2-4H,1H3,(H,10,11);2-4,10H,5H2,1H3;2-5H,6H2,1H3;1H3. The third-order valence-corrected chi connectivity index (χ3v) is 25.6. The lowest BCUT2D eigenvalue weighted by atomic mass is 9.81. The zero-order valence-corrected chi connectivity index (χ0v) is 95.5. The summed E-state index contributed by atoms with van der Waals surface area (Å²) >= 11 is 15.6. The fraction of sp³-hybridized carbons (Fsp3) is 0.336.